The zero-order valence-electron chi connectivity index (χ0n) is 33.5. The van der Waals surface area contributed by atoms with Gasteiger partial charge in [-0.05, 0) is 73.2 Å². The average molecular weight is 851 g/mol. The van der Waals surface area contributed by atoms with Gasteiger partial charge in [0.15, 0.2) is 11.5 Å². The Morgan fingerprint density at radius 3 is 1.44 bits per heavy atom. The van der Waals surface area contributed by atoms with Crippen molar-refractivity contribution in [3.05, 3.63) is 96.1 Å². The molecule has 4 rings (SSSR count). The minimum absolute atomic E-state index is 0. The van der Waals surface area contributed by atoms with E-state index in [-0.39, 0.29) is 76.3 Å². The van der Waals surface area contributed by atoms with E-state index in [4.69, 9.17) is 9.47 Å². The van der Waals surface area contributed by atoms with Crippen molar-refractivity contribution in [3.63, 3.8) is 0 Å². The van der Waals surface area contributed by atoms with Gasteiger partial charge in [-0.2, -0.15) is 8.42 Å². The van der Waals surface area contributed by atoms with Crippen molar-refractivity contribution in [2.45, 2.75) is 139 Å². The molecule has 0 bridgehead atoms. The first kappa shape index (κ1) is 50.3. The molecule has 10 nitrogen and oxygen atoms in total. The summed E-state index contributed by atoms with van der Waals surface area (Å²) in [7, 11) is -8.88. The fourth-order valence-corrected chi connectivity index (χ4v) is 7.31. The Morgan fingerprint density at radius 1 is 0.544 bits per heavy atom. The van der Waals surface area contributed by atoms with Crippen LogP contribution in [-0.2, 0) is 33.1 Å². The molecule has 0 aliphatic heterocycles. The van der Waals surface area contributed by atoms with Gasteiger partial charge in [-0.3, -0.25) is 4.55 Å². The van der Waals surface area contributed by atoms with Gasteiger partial charge in [0.2, 0.25) is 0 Å². The van der Waals surface area contributed by atoms with Crippen molar-refractivity contribution in [2.24, 2.45) is 0 Å². The van der Waals surface area contributed by atoms with Crippen LogP contribution in [0.25, 0.3) is 0 Å². The molecule has 57 heavy (non-hydrogen) atoms. The quantitative estimate of drug-likeness (QED) is 0.0392. The monoisotopic (exact) mass is 850 g/mol. The number of rotatable bonds is 24. The predicted octanol–water partition coefficient (Wildman–Crippen LogP) is 10.9. The smallest absolute Gasteiger partial charge is 0.870 e. The van der Waals surface area contributed by atoms with E-state index >= 15 is 0 Å². The Morgan fingerprint density at radius 2 is 0.947 bits per heavy atom. The van der Waals surface area contributed by atoms with E-state index in [0.29, 0.717) is 5.75 Å². The second kappa shape index (κ2) is 27.0. The molecule has 4 aromatic rings. The molecule has 0 amide bonds. The van der Waals surface area contributed by atoms with Gasteiger partial charge in [0, 0.05) is 6.07 Å². The third-order valence-electron chi connectivity index (χ3n) is 9.37. The van der Waals surface area contributed by atoms with E-state index in [1.54, 1.807) is 24.3 Å². The number of aryl methyl sites for hydroxylation is 2. The molecule has 0 spiro atoms. The number of benzene rings is 4. The van der Waals surface area contributed by atoms with Gasteiger partial charge in [-0.25, -0.2) is 8.42 Å². The van der Waals surface area contributed by atoms with Crippen LogP contribution in [0.2, 0.25) is 0 Å². The molecule has 0 aromatic heterocycles. The number of phenols is 1. The van der Waals surface area contributed by atoms with Gasteiger partial charge >= 0.3 is 37.7 Å². The van der Waals surface area contributed by atoms with Gasteiger partial charge in [-0.1, -0.05) is 152 Å². The van der Waals surface area contributed by atoms with Crippen molar-refractivity contribution in [1.82, 2.24) is 0 Å². The molecule has 0 aliphatic carbocycles. The number of phenolic OH excluding ortho intramolecular Hbond substituents is 1. The van der Waals surface area contributed by atoms with Crippen LogP contribution < -0.4 is 14.6 Å². The van der Waals surface area contributed by atoms with E-state index < -0.39 is 20.2 Å². The molecule has 0 saturated carbocycles. The maximum atomic E-state index is 12.3. The summed E-state index contributed by atoms with van der Waals surface area (Å²) < 4.78 is 76.8. The molecule has 0 unspecified atom stereocenters. The van der Waals surface area contributed by atoms with E-state index in [0.717, 1.165) is 55.7 Å². The second-order valence-electron chi connectivity index (χ2n) is 14.0. The molecular formula is C44H58CaO10S2. The Labute approximate surface area is 370 Å². The largest absolute Gasteiger partial charge is 2.00 e. The predicted molar refractivity (Wildman–Crippen MR) is 223 cm³/mol. The third-order valence-corrected chi connectivity index (χ3v) is 11.1. The van der Waals surface area contributed by atoms with Crippen LogP contribution in [-0.4, -0.2) is 68.8 Å². The number of para-hydroxylation sites is 2. The van der Waals surface area contributed by atoms with E-state index in [1.807, 2.05) is 12.1 Å². The average Bonchev–Trinajstić information content (AvgIpc) is 3.16. The molecule has 4 aromatic carbocycles. The molecule has 0 heterocycles. The SMILES string of the molecule is CCCCCCCCCCc1cccc(O)c1Oc1cccc(S(=O)(=O)O)c1.CCCCCCCCCCc1cccc([O-])c1Oc1cccc(S(=O)(=O)[O-])c1.[Ca+2]. The van der Waals surface area contributed by atoms with Crippen LogP contribution in [0.15, 0.2) is 94.7 Å². The first-order chi connectivity index (χ1) is 26.8. The summed E-state index contributed by atoms with van der Waals surface area (Å²) in [6.07, 6.45) is 20.8. The molecule has 308 valence electrons. The first-order valence-electron chi connectivity index (χ1n) is 19.9. The standard InChI is InChI=1S/2C22H30O5S.Ca/c2*1-2-3-4-5-6-7-8-9-12-18-13-10-16-21(23)22(18)27-19-14-11-15-20(17-19)28(24,25)26;/h2*10-11,13-17,23H,2-9,12H2,1H3,(H,24,25,26);/q;;+2/p-2. The van der Waals surface area contributed by atoms with Crippen LogP contribution in [0, 0.1) is 0 Å². The summed E-state index contributed by atoms with van der Waals surface area (Å²) >= 11 is 0. The third kappa shape index (κ3) is 19.2. The topological polar surface area (TPSA) is 173 Å². The summed E-state index contributed by atoms with van der Waals surface area (Å²) in [6, 6.07) is 21.1. The van der Waals surface area contributed by atoms with Crippen LogP contribution in [0.5, 0.6) is 34.5 Å². The Hall–Kier alpha value is -2.84. The van der Waals surface area contributed by atoms with Crippen molar-refractivity contribution >= 4 is 58.0 Å². The van der Waals surface area contributed by atoms with E-state index in [2.05, 4.69) is 13.8 Å². The molecule has 0 fully saturated rings. The maximum absolute atomic E-state index is 12.3. The van der Waals surface area contributed by atoms with Gasteiger partial charge in [0.05, 0.1) is 9.79 Å². The summed E-state index contributed by atoms with van der Waals surface area (Å²) in [5.41, 5.74) is 1.68. The molecule has 0 radical (unpaired) electrons. The zero-order valence-corrected chi connectivity index (χ0v) is 37.3. The summed E-state index contributed by atoms with van der Waals surface area (Å²) in [6.45, 7) is 4.42. The van der Waals surface area contributed by atoms with Crippen LogP contribution >= 0.6 is 0 Å². The van der Waals surface area contributed by atoms with Gasteiger partial charge in [0.1, 0.15) is 27.4 Å². The molecular weight excluding hydrogens is 793 g/mol. The van der Waals surface area contributed by atoms with E-state index in [9.17, 15) is 36.2 Å². The summed E-state index contributed by atoms with van der Waals surface area (Å²) in [5, 5.41) is 22.5. The number of ether oxygens (including phenoxy) is 2. The van der Waals surface area contributed by atoms with Gasteiger partial charge < -0.3 is 24.2 Å². The fraction of sp³-hybridized carbons (Fsp3) is 0.455. The first-order valence-corrected chi connectivity index (χ1v) is 22.8. The van der Waals surface area contributed by atoms with Gasteiger partial charge in [0.25, 0.3) is 10.1 Å². The van der Waals surface area contributed by atoms with Crippen LogP contribution in [0.4, 0.5) is 0 Å². The Kier molecular flexibility index (Phi) is 23.8. The Balaban J connectivity index is 0.000000387. The number of unbranched alkanes of at least 4 members (excludes halogenated alkanes) is 14. The summed E-state index contributed by atoms with van der Waals surface area (Å²) in [4.78, 5) is -0.622. The number of aromatic hydroxyl groups is 1. The zero-order chi connectivity index (χ0) is 40.8. The van der Waals surface area contributed by atoms with Crippen molar-refractivity contribution in [2.75, 3.05) is 0 Å². The van der Waals surface area contributed by atoms with Gasteiger partial charge in [-0.15, -0.1) is 0 Å². The van der Waals surface area contributed by atoms with Crippen LogP contribution in [0.3, 0.4) is 0 Å². The normalized spacial score (nSPS) is 11.3. The molecule has 0 atom stereocenters. The molecule has 0 saturated heterocycles. The minimum atomic E-state index is -4.58. The van der Waals surface area contributed by atoms with Crippen LogP contribution in [0.1, 0.15) is 128 Å². The van der Waals surface area contributed by atoms with E-state index in [1.165, 1.54) is 120 Å². The second-order valence-corrected chi connectivity index (χ2v) is 16.8. The minimum Gasteiger partial charge on any atom is -0.870 e. The molecule has 2 N–H and O–H groups in total. The molecule has 13 heteroatoms. The Bertz CT molecular complexity index is 1840. The number of hydrogen-bond acceptors (Lipinski definition) is 9. The van der Waals surface area contributed by atoms with Crippen molar-refractivity contribution in [1.29, 1.82) is 0 Å². The van der Waals surface area contributed by atoms with Crippen molar-refractivity contribution < 1.29 is 45.6 Å². The fourth-order valence-electron chi connectivity index (χ4n) is 6.29. The summed E-state index contributed by atoms with van der Waals surface area (Å²) in [5.74, 6) is 0.691. The van der Waals surface area contributed by atoms with Crippen molar-refractivity contribution in [3.8, 4) is 34.5 Å². The number of hydrogen-bond donors (Lipinski definition) is 2. The molecule has 0 aliphatic rings. The maximum Gasteiger partial charge on any atom is 2.00 e.